The molecule has 11 heteroatoms. The van der Waals surface area contributed by atoms with E-state index in [1.807, 2.05) is 36.4 Å². The zero-order chi connectivity index (χ0) is 22.3. The van der Waals surface area contributed by atoms with Crippen molar-refractivity contribution in [1.82, 2.24) is 0 Å². The maximum atomic E-state index is 11.8. The average Bonchev–Trinajstić information content (AvgIpc) is 2.69. The second-order valence-corrected chi connectivity index (χ2v) is 18.3. The molecule has 0 heterocycles. The molecule has 0 aliphatic rings. The van der Waals surface area contributed by atoms with Gasteiger partial charge in [0, 0.05) is 11.5 Å². The van der Waals surface area contributed by atoms with Crippen molar-refractivity contribution in [3.63, 3.8) is 0 Å². The number of hydrogen-bond acceptors (Lipinski definition) is 8. The molecule has 2 rings (SSSR count). The monoisotopic (exact) mass is 586 g/mol. The quantitative estimate of drug-likeness (QED) is 0.161. The van der Waals surface area contributed by atoms with Crippen LogP contribution in [0.2, 0.25) is 0 Å². The SMILES string of the molecule is CCCCSP([O-])(=S)Oc1ccccc1.CCCCSP([O-])(=S)Oc1ccccc1.[Zn+2]. The summed E-state index contributed by atoms with van der Waals surface area (Å²) in [6, 6.07) is 18.2. The molecule has 0 spiro atoms. The van der Waals surface area contributed by atoms with E-state index in [4.69, 9.17) is 32.7 Å². The van der Waals surface area contributed by atoms with E-state index in [1.165, 1.54) is 22.8 Å². The van der Waals surface area contributed by atoms with Gasteiger partial charge in [0.25, 0.3) is 0 Å². The Morgan fingerprint density at radius 3 is 1.32 bits per heavy atom. The van der Waals surface area contributed by atoms with Crippen molar-refractivity contribution in [3.05, 3.63) is 60.7 Å². The first-order valence-electron chi connectivity index (χ1n) is 9.68. The maximum Gasteiger partial charge on any atom is 2.00 e. The minimum absolute atomic E-state index is 0. The number of hydrogen-bond donors (Lipinski definition) is 0. The van der Waals surface area contributed by atoms with Crippen molar-refractivity contribution in [2.45, 2.75) is 39.5 Å². The van der Waals surface area contributed by atoms with Crippen LogP contribution in [0.4, 0.5) is 0 Å². The van der Waals surface area contributed by atoms with E-state index in [2.05, 4.69) is 13.8 Å². The van der Waals surface area contributed by atoms with Crippen molar-refractivity contribution < 1.29 is 38.3 Å². The maximum absolute atomic E-state index is 11.8. The first kappa shape index (κ1) is 31.6. The van der Waals surface area contributed by atoms with E-state index < -0.39 is 11.4 Å². The molecule has 0 aliphatic heterocycles. The van der Waals surface area contributed by atoms with Gasteiger partial charge in [-0.3, -0.25) is 0 Å². The Bertz CT molecular complexity index is 733. The summed E-state index contributed by atoms with van der Waals surface area (Å²) in [7, 11) is 0. The van der Waals surface area contributed by atoms with Crippen molar-refractivity contribution >= 4 is 57.8 Å². The molecule has 0 N–H and O–H groups in total. The van der Waals surface area contributed by atoms with Gasteiger partial charge in [-0.25, -0.2) is 0 Å². The largest absolute Gasteiger partial charge is 2.00 e. The smallest absolute Gasteiger partial charge is 0.784 e. The fourth-order valence-corrected chi connectivity index (χ4v) is 8.87. The first-order chi connectivity index (χ1) is 14.3. The van der Waals surface area contributed by atoms with Gasteiger partial charge < -0.3 is 18.8 Å². The molecule has 31 heavy (non-hydrogen) atoms. The number of para-hydroxylation sites is 2. The van der Waals surface area contributed by atoms with E-state index in [0.717, 1.165) is 37.2 Å². The van der Waals surface area contributed by atoms with Gasteiger partial charge in [-0.2, -0.15) is 0 Å². The summed E-state index contributed by atoms with van der Waals surface area (Å²) >= 11 is 12.4. The van der Waals surface area contributed by atoms with Crippen LogP contribution in [0, 0.1) is 0 Å². The third kappa shape index (κ3) is 16.8. The number of unbranched alkanes of at least 4 members (excludes halogenated alkanes) is 2. The Hall–Kier alpha value is 0.583. The second-order valence-electron chi connectivity index (χ2n) is 6.08. The number of benzene rings is 2. The van der Waals surface area contributed by atoms with Crippen LogP contribution >= 0.6 is 34.2 Å². The summed E-state index contributed by atoms with van der Waals surface area (Å²) in [5.74, 6) is 2.76. The Kier molecular flexibility index (Phi) is 18.3. The van der Waals surface area contributed by atoms with E-state index in [9.17, 15) is 9.79 Å². The molecule has 0 amide bonds. The van der Waals surface area contributed by atoms with Gasteiger partial charge in [0.1, 0.15) is 11.5 Å². The van der Waals surface area contributed by atoms with Gasteiger partial charge in [0.05, 0.1) is 11.4 Å². The van der Waals surface area contributed by atoms with E-state index in [1.54, 1.807) is 24.3 Å². The molecule has 0 aromatic heterocycles. The Morgan fingerprint density at radius 2 is 1.03 bits per heavy atom. The van der Waals surface area contributed by atoms with Gasteiger partial charge in [0.2, 0.25) is 0 Å². The summed E-state index contributed by atoms with van der Waals surface area (Å²) in [6.07, 6.45) is 4.19. The van der Waals surface area contributed by atoms with Crippen molar-refractivity contribution in [1.29, 1.82) is 0 Å². The van der Waals surface area contributed by atoms with E-state index in [-0.39, 0.29) is 19.5 Å². The van der Waals surface area contributed by atoms with Crippen LogP contribution in [-0.2, 0) is 43.1 Å². The molecule has 0 saturated carbocycles. The molecule has 2 aromatic carbocycles. The fourth-order valence-electron chi connectivity index (χ4n) is 1.91. The fraction of sp³-hybridized carbons (Fsp3) is 0.400. The molecule has 0 radical (unpaired) electrons. The molecule has 4 nitrogen and oxygen atoms in total. The Labute approximate surface area is 217 Å². The van der Waals surface area contributed by atoms with Crippen LogP contribution in [0.5, 0.6) is 11.5 Å². The molecule has 0 bridgehead atoms. The molecule has 0 fully saturated rings. The molecule has 0 saturated heterocycles. The molecular weight excluding hydrogens is 560 g/mol. The van der Waals surface area contributed by atoms with Gasteiger partial charge in [-0.05, 0) is 37.1 Å². The zero-order valence-corrected chi connectivity index (χ0v) is 25.9. The van der Waals surface area contributed by atoms with Crippen LogP contribution in [0.15, 0.2) is 60.7 Å². The van der Waals surface area contributed by atoms with Crippen LogP contribution in [0.25, 0.3) is 0 Å². The topological polar surface area (TPSA) is 64.6 Å². The normalized spacial score (nSPS) is 14.1. The van der Waals surface area contributed by atoms with Gasteiger partial charge in [0.15, 0.2) is 0 Å². The standard InChI is InChI=1S/2C10H15O2PS2.Zn/c2*1-2-3-9-15-13(11,14)12-10-7-5-4-6-8-10;/h2*4-8H,2-3,9H2,1H3,(H,11,14);/q;;+2/p-2. The first-order valence-corrected chi connectivity index (χ1v) is 18.1. The van der Waals surface area contributed by atoms with E-state index in [0.29, 0.717) is 11.5 Å². The summed E-state index contributed by atoms with van der Waals surface area (Å²) in [5, 5.41) is 0. The molecule has 2 atom stereocenters. The number of rotatable bonds is 12. The van der Waals surface area contributed by atoms with Crippen LogP contribution in [-0.4, -0.2) is 11.5 Å². The second kappa shape index (κ2) is 18.0. The van der Waals surface area contributed by atoms with Crippen LogP contribution < -0.4 is 18.8 Å². The van der Waals surface area contributed by atoms with E-state index >= 15 is 0 Å². The Morgan fingerprint density at radius 1 is 0.710 bits per heavy atom. The third-order valence-corrected chi connectivity index (χ3v) is 11.6. The Balaban J connectivity index is 0.000000562. The molecular formula is C20H28O4P2S4Zn. The average molecular weight is 588 g/mol. The third-order valence-electron chi connectivity index (χ3n) is 3.42. The predicted octanol–water partition coefficient (Wildman–Crippen LogP) is 6.36. The molecule has 0 aliphatic carbocycles. The minimum Gasteiger partial charge on any atom is -0.784 e. The molecule has 2 aromatic rings. The summed E-state index contributed by atoms with van der Waals surface area (Å²) in [5.41, 5.74) is -5.89. The summed E-state index contributed by atoms with van der Waals surface area (Å²) < 4.78 is 10.6. The summed E-state index contributed by atoms with van der Waals surface area (Å²) in [6.45, 7) is 4.18. The van der Waals surface area contributed by atoms with Crippen LogP contribution in [0.1, 0.15) is 39.5 Å². The molecule has 168 valence electrons. The van der Waals surface area contributed by atoms with Gasteiger partial charge in [-0.15, -0.1) is 22.8 Å². The minimum atomic E-state index is -2.94. The summed E-state index contributed by atoms with van der Waals surface area (Å²) in [4.78, 5) is 23.6. The zero-order valence-electron chi connectivity index (χ0n) is 17.9. The molecule has 2 unspecified atom stereocenters. The van der Waals surface area contributed by atoms with Crippen LogP contribution in [0.3, 0.4) is 0 Å². The van der Waals surface area contributed by atoms with Crippen molar-refractivity contribution in [2.24, 2.45) is 0 Å². The van der Waals surface area contributed by atoms with Gasteiger partial charge in [-0.1, -0.05) is 86.7 Å². The predicted molar refractivity (Wildman–Crippen MR) is 137 cm³/mol. The van der Waals surface area contributed by atoms with Crippen molar-refractivity contribution in [2.75, 3.05) is 11.5 Å². The van der Waals surface area contributed by atoms with Crippen molar-refractivity contribution in [3.8, 4) is 11.5 Å². The van der Waals surface area contributed by atoms with Gasteiger partial charge >= 0.3 is 19.5 Å².